The highest BCUT2D eigenvalue weighted by atomic mass is 32.2. The number of thioether (sulfide) groups is 1. The van der Waals surface area contributed by atoms with Crippen LogP contribution in [0.25, 0.3) is 0 Å². The minimum Gasteiger partial charge on any atom is -0.467 e. The number of nitrogens with zero attached hydrogens (tertiary/aromatic N) is 2. The molecule has 1 fully saturated rings. The normalized spacial score (nSPS) is 15.6. The van der Waals surface area contributed by atoms with Crippen LogP contribution in [0, 0.1) is 0 Å². The van der Waals surface area contributed by atoms with Crippen molar-refractivity contribution in [3.63, 3.8) is 0 Å². The second kappa shape index (κ2) is 15.2. The summed E-state index contributed by atoms with van der Waals surface area (Å²) in [7, 11) is 0. The Bertz CT molecular complexity index is 1880. The van der Waals surface area contributed by atoms with E-state index < -0.39 is 23.3 Å². The first-order valence-corrected chi connectivity index (χ1v) is 16.1. The van der Waals surface area contributed by atoms with Gasteiger partial charge in [0.2, 0.25) is 11.8 Å². The Morgan fingerprint density at radius 3 is 2.35 bits per heavy atom. The third kappa shape index (κ3) is 8.31. The van der Waals surface area contributed by atoms with Gasteiger partial charge in [-0.1, -0.05) is 78.5 Å². The van der Waals surface area contributed by atoms with Gasteiger partial charge in [0.15, 0.2) is 5.17 Å². The van der Waals surface area contributed by atoms with Crippen LogP contribution < -0.4 is 15.4 Å². The smallest absolute Gasteiger partial charge is 0.408 e. The third-order valence-corrected chi connectivity index (χ3v) is 8.51. The summed E-state index contributed by atoms with van der Waals surface area (Å²) in [5.74, 6) is 1.40. The number of hydrogen-bond acceptors (Lipinski definition) is 8. The quantitative estimate of drug-likeness (QED) is 0.148. The van der Waals surface area contributed by atoms with Crippen LogP contribution in [0.4, 0.5) is 16.2 Å². The van der Waals surface area contributed by atoms with Gasteiger partial charge >= 0.3 is 6.09 Å². The highest BCUT2D eigenvalue weighted by Crippen LogP contribution is 2.42. The molecule has 3 amide bonds. The molecule has 0 spiro atoms. The fraction of sp³-hybridized carbons (Fsp3) is 0.135. The van der Waals surface area contributed by atoms with Crippen LogP contribution in [0.2, 0.25) is 0 Å². The Hall–Kier alpha value is -5.81. The maximum atomic E-state index is 13.8. The van der Waals surface area contributed by atoms with Gasteiger partial charge < -0.3 is 24.5 Å². The van der Waals surface area contributed by atoms with E-state index in [4.69, 9.17) is 18.9 Å². The molecule has 0 bridgehead atoms. The van der Waals surface area contributed by atoms with Crippen molar-refractivity contribution in [2.45, 2.75) is 31.4 Å². The summed E-state index contributed by atoms with van der Waals surface area (Å²) in [4.78, 5) is 45.2. The Morgan fingerprint density at radius 1 is 0.896 bits per heavy atom. The minimum absolute atomic E-state index is 0.0980. The van der Waals surface area contributed by atoms with Crippen LogP contribution in [0.5, 0.6) is 11.5 Å². The van der Waals surface area contributed by atoms with E-state index in [1.807, 2.05) is 91.0 Å². The van der Waals surface area contributed by atoms with Gasteiger partial charge in [-0.2, -0.15) is 0 Å². The zero-order valence-electron chi connectivity index (χ0n) is 25.9. The Morgan fingerprint density at radius 2 is 1.62 bits per heavy atom. The zero-order chi connectivity index (χ0) is 33.3. The second-order valence-corrected chi connectivity index (χ2v) is 11.9. The van der Waals surface area contributed by atoms with Crippen molar-refractivity contribution in [2.24, 2.45) is 4.99 Å². The summed E-state index contributed by atoms with van der Waals surface area (Å²) in [6.45, 7) is 1.89. The Labute approximate surface area is 281 Å². The molecule has 242 valence electrons. The van der Waals surface area contributed by atoms with E-state index >= 15 is 0 Å². The number of hydrogen-bond donors (Lipinski definition) is 2. The number of rotatable bonds is 11. The Kier molecular flexibility index (Phi) is 10.2. The van der Waals surface area contributed by atoms with E-state index in [-0.39, 0.29) is 19.1 Å². The summed E-state index contributed by atoms with van der Waals surface area (Å²) in [6.07, 6.45) is 0.874. The molecule has 1 aliphatic rings. The van der Waals surface area contributed by atoms with Crippen molar-refractivity contribution >= 4 is 46.2 Å². The van der Waals surface area contributed by atoms with Gasteiger partial charge in [0, 0.05) is 11.8 Å². The van der Waals surface area contributed by atoms with Gasteiger partial charge in [0.1, 0.15) is 35.2 Å². The molecule has 4 aromatic carbocycles. The van der Waals surface area contributed by atoms with Gasteiger partial charge in [-0.3, -0.25) is 14.5 Å². The molecule has 0 saturated carbocycles. The van der Waals surface area contributed by atoms with Crippen molar-refractivity contribution < 1.29 is 28.3 Å². The molecule has 2 heterocycles. The highest BCUT2D eigenvalue weighted by Gasteiger charge is 2.39. The second-order valence-electron chi connectivity index (χ2n) is 10.8. The first-order chi connectivity index (χ1) is 23.4. The molecule has 6 rings (SSSR count). The molecule has 2 atom stereocenters. The molecule has 2 N–H and O–H groups in total. The molecule has 1 aromatic heterocycles. The number of amides is 3. The van der Waals surface area contributed by atoms with Crippen LogP contribution in [-0.4, -0.2) is 34.0 Å². The van der Waals surface area contributed by atoms with Crippen LogP contribution in [0.15, 0.2) is 137 Å². The molecule has 10 nitrogen and oxygen atoms in total. The maximum absolute atomic E-state index is 13.8. The number of anilines is 1. The summed E-state index contributed by atoms with van der Waals surface area (Å²) in [5.41, 5.74) is 2.74. The van der Waals surface area contributed by atoms with E-state index in [1.54, 1.807) is 48.4 Å². The number of benzene rings is 4. The van der Waals surface area contributed by atoms with Crippen LogP contribution in [-0.2, 0) is 27.5 Å². The molecule has 48 heavy (non-hydrogen) atoms. The van der Waals surface area contributed by atoms with Gasteiger partial charge in [-0.15, -0.1) is 0 Å². The van der Waals surface area contributed by atoms with Crippen molar-refractivity contribution in [3.8, 4) is 11.5 Å². The number of para-hydroxylation sites is 1. The van der Waals surface area contributed by atoms with Crippen LogP contribution in [0.1, 0.15) is 29.1 Å². The summed E-state index contributed by atoms with van der Waals surface area (Å²) in [6, 6.07) is 35.9. The van der Waals surface area contributed by atoms with E-state index in [9.17, 15) is 14.4 Å². The first-order valence-electron chi connectivity index (χ1n) is 15.2. The van der Waals surface area contributed by atoms with E-state index in [0.717, 1.165) is 11.1 Å². The number of nitrogens with one attached hydrogen (secondary N) is 2. The lowest BCUT2D eigenvalue weighted by molar-refractivity contribution is -0.126. The number of amidine groups is 1. The SMILES string of the molecule is C[C@H](NC(=O)OCc1ccccc1)C(=O)Nc1ccc(C2SC(=Nc3cccc(Oc4ccccc4)c3)N(Cc3ccco3)C2=O)cc1. The number of carbonyl (C=O) groups excluding carboxylic acids is 3. The van der Waals surface area contributed by atoms with E-state index in [1.165, 1.54) is 11.8 Å². The van der Waals surface area contributed by atoms with Crippen LogP contribution >= 0.6 is 11.8 Å². The number of aliphatic imine (C=N–C) groups is 1. The standard InChI is InChI=1S/C37H32N4O6S/c1-25(38-37(44)46-24-26-10-4-2-5-11-26)34(42)39-28-19-17-27(18-20-28)33-35(43)41(23-32-16-9-21-45-32)36(48-33)40-29-12-8-15-31(22-29)47-30-13-6-3-7-14-30/h2-22,25,33H,23-24H2,1H3,(H,38,44)(H,39,42)/t25-,33?/m0/s1. The largest absolute Gasteiger partial charge is 0.467 e. The number of alkyl carbamates (subject to hydrolysis) is 1. The minimum atomic E-state index is -0.842. The maximum Gasteiger partial charge on any atom is 0.408 e. The van der Waals surface area contributed by atoms with Crippen molar-refractivity contribution in [3.05, 3.63) is 144 Å². The topological polar surface area (TPSA) is 122 Å². The molecule has 1 saturated heterocycles. The number of carbonyl (C=O) groups is 3. The lowest BCUT2D eigenvalue weighted by Crippen LogP contribution is -2.41. The average Bonchev–Trinajstić information content (AvgIpc) is 3.73. The first kappa shape index (κ1) is 32.1. The summed E-state index contributed by atoms with van der Waals surface area (Å²) in [5, 5.41) is 5.29. The predicted octanol–water partition coefficient (Wildman–Crippen LogP) is 7.83. The van der Waals surface area contributed by atoms with Crippen LogP contribution in [0.3, 0.4) is 0 Å². The predicted molar refractivity (Wildman–Crippen MR) is 184 cm³/mol. The van der Waals surface area contributed by atoms with Crippen molar-refractivity contribution in [2.75, 3.05) is 5.32 Å². The van der Waals surface area contributed by atoms with Gasteiger partial charge in [0.25, 0.3) is 0 Å². The lowest BCUT2D eigenvalue weighted by Gasteiger charge is -2.16. The van der Waals surface area contributed by atoms with Crippen molar-refractivity contribution in [1.82, 2.24) is 10.2 Å². The monoisotopic (exact) mass is 660 g/mol. The fourth-order valence-corrected chi connectivity index (χ4v) is 5.98. The van der Waals surface area contributed by atoms with Crippen molar-refractivity contribution in [1.29, 1.82) is 0 Å². The highest BCUT2D eigenvalue weighted by molar-refractivity contribution is 8.15. The molecule has 1 aliphatic heterocycles. The Balaban J connectivity index is 1.12. The average molecular weight is 661 g/mol. The van der Waals surface area contributed by atoms with E-state index in [2.05, 4.69) is 10.6 Å². The summed E-state index contributed by atoms with van der Waals surface area (Å²) >= 11 is 1.34. The van der Waals surface area contributed by atoms with Gasteiger partial charge in [-0.05, 0) is 66.6 Å². The molecule has 0 radical (unpaired) electrons. The van der Waals surface area contributed by atoms with Gasteiger partial charge in [-0.25, -0.2) is 9.79 Å². The number of furan rings is 1. The molecular formula is C37H32N4O6S. The molecule has 1 unspecified atom stereocenters. The lowest BCUT2D eigenvalue weighted by atomic mass is 10.1. The fourth-order valence-electron chi connectivity index (χ4n) is 4.81. The molecule has 0 aliphatic carbocycles. The zero-order valence-corrected chi connectivity index (χ0v) is 26.8. The molecule has 5 aromatic rings. The third-order valence-electron chi connectivity index (χ3n) is 7.28. The molecular weight excluding hydrogens is 628 g/mol. The number of ether oxygens (including phenoxy) is 2. The molecule has 11 heteroatoms. The van der Waals surface area contributed by atoms with Gasteiger partial charge in [0.05, 0.1) is 18.5 Å². The van der Waals surface area contributed by atoms with E-state index in [0.29, 0.717) is 33.8 Å². The summed E-state index contributed by atoms with van der Waals surface area (Å²) < 4.78 is 16.7.